The maximum atomic E-state index is 10.1. The fraction of sp³-hybridized carbons (Fsp3) is 0.143. The average molecular weight is 212 g/mol. The molecule has 0 aliphatic heterocycles. The smallest absolute Gasteiger partial charge is 0.161 e. The molecule has 0 saturated carbocycles. The molecule has 1 aliphatic rings. The van der Waals surface area contributed by atoms with Gasteiger partial charge in [-0.05, 0) is 22.8 Å². The van der Waals surface area contributed by atoms with Crippen LogP contribution in [0.25, 0.3) is 11.1 Å². The lowest BCUT2D eigenvalue weighted by Gasteiger charge is -2.07. The number of phenols is 1. The quantitative estimate of drug-likeness (QED) is 0.672. The molecule has 0 radical (unpaired) electrons. The van der Waals surface area contributed by atoms with Crippen LogP contribution in [0.2, 0.25) is 0 Å². The van der Waals surface area contributed by atoms with Gasteiger partial charge in [-0.3, -0.25) is 0 Å². The van der Waals surface area contributed by atoms with Gasteiger partial charge in [-0.2, -0.15) is 0 Å². The van der Waals surface area contributed by atoms with Crippen LogP contribution in [0.4, 0.5) is 0 Å². The van der Waals surface area contributed by atoms with Crippen LogP contribution >= 0.6 is 0 Å². The van der Waals surface area contributed by atoms with E-state index in [1.165, 1.54) is 11.1 Å². The van der Waals surface area contributed by atoms with E-state index in [1.54, 1.807) is 7.11 Å². The number of phenolic OH excluding ortho intramolecular Hbond substituents is 1. The molecule has 0 bridgehead atoms. The Balaban J connectivity index is 2.24. The average Bonchev–Trinajstić information content (AvgIpc) is 2.69. The minimum absolute atomic E-state index is 0.274. The highest BCUT2D eigenvalue weighted by Crippen LogP contribution is 2.44. The third kappa shape index (κ3) is 1.13. The topological polar surface area (TPSA) is 29.5 Å². The molecule has 0 fully saturated rings. The van der Waals surface area contributed by atoms with Crippen LogP contribution in [-0.4, -0.2) is 12.2 Å². The Morgan fingerprint density at radius 2 is 1.88 bits per heavy atom. The Labute approximate surface area is 94.1 Å². The summed E-state index contributed by atoms with van der Waals surface area (Å²) < 4.78 is 5.12. The number of benzene rings is 2. The molecule has 1 N–H and O–H groups in total. The second kappa shape index (κ2) is 3.27. The van der Waals surface area contributed by atoms with Gasteiger partial charge >= 0.3 is 0 Å². The highest BCUT2D eigenvalue weighted by molar-refractivity contribution is 5.80. The van der Waals surface area contributed by atoms with Crippen molar-refractivity contribution in [1.82, 2.24) is 0 Å². The van der Waals surface area contributed by atoms with Crippen molar-refractivity contribution in [2.75, 3.05) is 7.11 Å². The normalized spacial score (nSPS) is 12.1. The number of hydrogen-bond acceptors (Lipinski definition) is 2. The Bertz CT molecular complexity index is 559. The van der Waals surface area contributed by atoms with Gasteiger partial charge in [0.2, 0.25) is 0 Å². The van der Waals surface area contributed by atoms with Crippen molar-refractivity contribution >= 4 is 0 Å². The molecule has 1 aliphatic carbocycles. The molecular weight excluding hydrogens is 200 g/mol. The lowest BCUT2D eigenvalue weighted by Crippen LogP contribution is -1.88. The first-order valence-corrected chi connectivity index (χ1v) is 5.28. The second-order valence-corrected chi connectivity index (χ2v) is 3.98. The van der Waals surface area contributed by atoms with Crippen molar-refractivity contribution in [3.8, 4) is 22.6 Å². The molecule has 2 aromatic carbocycles. The number of ether oxygens (including phenoxy) is 1. The van der Waals surface area contributed by atoms with Gasteiger partial charge in [-0.1, -0.05) is 30.3 Å². The highest BCUT2D eigenvalue weighted by Gasteiger charge is 2.22. The zero-order valence-corrected chi connectivity index (χ0v) is 9.03. The van der Waals surface area contributed by atoms with Crippen LogP contribution < -0.4 is 4.74 Å². The van der Waals surface area contributed by atoms with Crippen molar-refractivity contribution < 1.29 is 9.84 Å². The first kappa shape index (κ1) is 9.28. The third-order valence-corrected chi connectivity index (χ3v) is 3.14. The standard InChI is InChI=1S/C14H12O2/c1-16-13-7-6-11-10-5-3-2-4-9(10)8-12(11)14(13)15/h2-7,15H,8H2,1H3. The van der Waals surface area contributed by atoms with Crippen LogP contribution in [-0.2, 0) is 6.42 Å². The van der Waals surface area contributed by atoms with Gasteiger partial charge in [0.1, 0.15) is 0 Å². The summed E-state index contributed by atoms with van der Waals surface area (Å²) in [7, 11) is 1.57. The summed E-state index contributed by atoms with van der Waals surface area (Å²) in [5.41, 5.74) is 4.57. The van der Waals surface area contributed by atoms with E-state index in [0.717, 1.165) is 17.5 Å². The number of rotatable bonds is 1. The molecule has 0 spiro atoms. The van der Waals surface area contributed by atoms with Crippen LogP contribution in [0, 0.1) is 0 Å². The Morgan fingerprint density at radius 3 is 2.69 bits per heavy atom. The number of hydrogen-bond donors (Lipinski definition) is 1. The first-order valence-electron chi connectivity index (χ1n) is 5.28. The first-order chi connectivity index (χ1) is 7.81. The van der Waals surface area contributed by atoms with Crippen molar-refractivity contribution in [1.29, 1.82) is 0 Å². The van der Waals surface area contributed by atoms with Crippen LogP contribution in [0.15, 0.2) is 36.4 Å². The molecule has 0 unspecified atom stereocenters. The van der Waals surface area contributed by atoms with Crippen LogP contribution in [0.5, 0.6) is 11.5 Å². The SMILES string of the molecule is COc1ccc2c(c1O)Cc1ccccc1-2. The fourth-order valence-corrected chi connectivity index (χ4v) is 2.34. The lowest BCUT2D eigenvalue weighted by atomic mass is 10.1. The lowest BCUT2D eigenvalue weighted by molar-refractivity contribution is 0.371. The molecule has 2 aromatic rings. The summed E-state index contributed by atoms with van der Waals surface area (Å²) in [5.74, 6) is 0.822. The molecule has 0 heterocycles. The zero-order valence-electron chi connectivity index (χ0n) is 9.03. The molecular formula is C14H12O2. The van der Waals surface area contributed by atoms with Gasteiger partial charge in [-0.15, -0.1) is 0 Å². The van der Waals surface area contributed by atoms with Gasteiger partial charge in [0.05, 0.1) is 7.11 Å². The van der Waals surface area contributed by atoms with Crippen molar-refractivity contribution in [3.63, 3.8) is 0 Å². The van der Waals surface area contributed by atoms with E-state index in [9.17, 15) is 5.11 Å². The van der Waals surface area contributed by atoms with Gasteiger partial charge in [0.25, 0.3) is 0 Å². The molecule has 80 valence electrons. The van der Waals surface area contributed by atoms with Crippen molar-refractivity contribution in [2.45, 2.75) is 6.42 Å². The van der Waals surface area contributed by atoms with Crippen LogP contribution in [0.3, 0.4) is 0 Å². The van der Waals surface area contributed by atoms with E-state index in [-0.39, 0.29) is 5.75 Å². The monoisotopic (exact) mass is 212 g/mol. The summed E-state index contributed by atoms with van der Waals surface area (Å²) in [6.07, 6.45) is 0.786. The van der Waals surface area contributed by atoms with E-state index in [1.807, 2.05) is 24.3 Å². The third-order valence-electron chi connectivity index (χ3n) is 3.14. The van der Waals surface area contributed by atoms with Crippen molar-refractivity contribution in [3.05, 3.63) is 47.5 Å². The molecule has 3 rings (SSSR count). The summed E-state index contributed by atoms with van der Waals surface area (Å²) in [5, 5.41) is 10.1. The van der Waals surface area contributed by atoms with Gasteiger partial charge in [0.15, 0.2) is 11.5 Å². The largest absolute Gasteiger partial charge is 0.504 e. The van der Waals surface area contributed by atoms with E-state index < -0.39 is 0 Å². The Hall–Kier alpha value is -1.96. The minimum Gasteiger partial charge on any atom is -0.504 e. The number of aromatic hydroxyl groups is 1. The minimum atomic E-state index is 0.274. The molecule has 0 saturated heterocycles. The molecule has 2 heteroatoms. The van der Waals surface area contributed by atoms with Crippen LogP contribution in [0.1, 0.15) is 11.1 Å². The maximum Gasteiger partial charge on any atom is 0.161 e. The molecule has 0 atom stereocenters. The van der Waals surface area contributed by atoms with Gasteiger partial charge < -0.3 is 9.84 Å². The summed E-state index contributed by atoms with van der Waals surface area (Å²) in [6.45, 7) is 0. The predicted octanol–water partition coefficient (Wildman–Crippen LogP) is 2.97. The van der Waals surface area contributed by atoms with Crippen molar-refractivity contribution in [2.24, 2.45) is 0 Å². The predicted molar refractivity (Wildman–Crippen MR) is 62.9 cm³/mol. The van der Waals surface area contributed by atoms with E-state index in [4.69, 9.17) is 4.74 Å². The zero-order chi connectivity index (χ0) is 11.1. The molecule has 2 nitrogen and oxygen atoms in total. The number of fused-ring (bicyclic) bond motifs is 3. The van der Waals surface area contributed by atoms with E-state index in [2.05, 4.69) is 12.1 Å². The number of methoxy groups -OCH3 is 1. The summed E-state index contributed by atoms with van der Waals surface area (Å²) in [4.78, 5) is 0. The Kier molecular flexibility index (Phi) is 1.90. The summed E-state index contributed by atoms with van der Waals surface area (Å²) >= 11 is 0. The fourth-order valence-electron chi connectivity index (χ4n) is 2.34. The Morgan fingerprint density at radius 1 is 1.06 bits per heavy atom. The molecule has 0 amide bonds. The molecule has 0 aromatic heterocycles. The van der Waals surface area contributed by atoms with Gasteiger partial charge in [-0.25, -0.2) is 0 Å². The van der Waals surface area contributed by atoms with E-state index >= 15 is 0 Å². The van der Waals surface area contributed by atoms with Gasteiger partial charge in [0, 0.05) is 12.0 Å². The maximum absolute atomic E-state index is 10.1. The highest BCUT2D eigenvalue weighted by atomic mass is 16.5. The van der Waals surface area contributed by atoms with E-state index in [0.29, 0.717) is 5.75 Å². The summed E-state index contributed by atoms with van der Waals surface area (Å²) in [6, 6.07) is 12.1. The second-order valence-electron chi connectivity index (χ2n) is 3.98. The molecule has 16 heavy (non-hydrogen) atoms.